The van der Waals surface area contributed by atoms with E-state index in [0.717, 1.165) is 0 Å². The fraction of sp³-hybridized carbons (Fsp3) is 0.176. The molecule has 0 spiro atoms. The Morgan fingerprint density at radius 3 is 2.43 bits per heavy atom. The Labute approximate surface area is 134 Å². The average Bonchev–Trinajstić information content (AvgIpc) is 2.58. The molecule has 1 unspecified atom stereocenters. The topological polar surface area (TPSA) is 64.3 Å². The lowest BCUT2D eigenvalue weighted by molar-refractivity contribution is 0.666. The minimum atomic E-state index is -2.74. The summed E-state index contributed by atoms with van der Waals surface area (Å²) in [6, 6.07) is 16.1. The Kier molecular flexibility index (Phi) is 4.00. The van der Waals surface area contributed by atoms with Crippen molar-refractivity contribution in [3.8, 4) is 0 Å². The van der Waals surface area contributed by atoms with Crippen molar-refractivity contribution >= 4 is 20.6 Å². The maximum Gasteiger partial charge on any atom is 0.282 e. The van der Waals surface area contributed by atoms with Crippen molar-refractivity contribution in [2.24, 2.45) is 4.47 Å². The van der Waals surface area contributed by atoms with Crippen LogP contribution in [0.25, 0.3) is 10.9 Å². The highest BCUT2D eigenvalue weighted by molar-refractivity contribution is 7.93. The van der Waals surface area contributed by atoms with Gasteiger partial charge in [0, 0.05) is 17.6 Å². The third kappa shape index (κ3) is 2.90. The second kappa shape index (κ2) is 5.96. The summed E-state index contributed by atoms with van der Waals surface area (Å²) in [6.45, 7) is 1.89. The second-order valence-corrected chi connectivity index (χ2v) is 7.45. The van der Waals surface area contributed by atoms with Crippen molar-refractivity contribution in [3.63, 3.8) is 0 Å². The van der Waals surface area contributed by atoms with Crippen molar-refractivity contribution in [3.05, 3.63) is 70.8 Å². The Morgan fingerprint density at radius 1 is 1.09 bits per heavy atom. The minimum Gasteiger partial charge on any atom is -0.267 e. The van der Waals surface area contributed by atoms with E-state index in [0.29, 0.717) is 28.0 Å². The molecule has 0 saturated carbocycles. The number of hydrogen-bond acceptors (Lipinski definition) is 4. The second-order valence-electron chi connectivity index (χ2n) is 5.21. The van der Waals surface area contributed by atoms with Crippen molar-refractivity contribution in [2.75, 3.05) is 6.26 Å². The predicted molar refractivity (Wildman–Crippen MR) is 92.0 cm³/mol. The van der Waals surface area contributed by atoms with Gasteiger partial charge in [0.05, 0.1) is 20.6 Å². The molecule has 0 bridgehead atoms. The molecular formula is C17H17N3O2S. The first kappa shape index (κ1) is 15.4. The summed E-state index contributed by atoms with van der Waals surface area (Å²) >= 11 is 0. The quantitative estimate of drug-likeness (QED) is 0.743. The van der Waals surface area contributed by atoms with Crippen LogP contribution in [0.2, 0.25) is 0 Å². The van der Waals surface area contributed by atoms with Crippen molar-refractivity contribution in [1.29, 1.82) is 0 Å². The fourth-order valence-electron chi connectivity index (χ4n) is 2.36. The molecule has 0 saturated heterocycles. The molecule has 6 heteroatoms. The molecule has 0 radical (unpaired) electrons. The van der Waals surface area contributed by atoms with Gasteiger partial charge in [0.1, 0.15) is 5.82 Å². The van der Waals surface area contributed by atoms with E-state index in [1.165, 1.54) is 10.9 Å². The highest BCUT2D eigenvalue weighted by Crippen LogP contribution is 2.13. The summed E-state index contributed by atoms with van der Waals surface area (Å²) in [5.41, 5.74) is 0.334. The lowest BCUT2D eigenvalue weighted by Gasteiger charge is -2.10. The Morgan fingerprint density at radius 2 is 1.74 bits per heavy atom. The van der Waals surface area contributed by atoms with Crippen LogP contribution in [0.4, 0.5) is 0 Å². The van der Waals surface area contributed by atoms with E-state index in [1.54, 1.807) is 42.5 Å². The van der Waals surface area contributed by atoms with Gasteiger partial charge in [-0.05, 0) is 24.3 Å². The molecule has 3 aromatic rings. The minimum absolute atomic E-state index is 0.294. The SMILES string of the molecule is CCc1nc2ccccc2c(=O)n1N=S(C)(=O)c1ccccc1. The van der Waals surface area contributed by atoms with Crippen LogP contribution in [0, 0.1) is 0 Å². The molecule has 3 rings (SSSR count). The number of hydrogen-bond donors (Lipinski definition) is 0. The summed E-state index contributed by atoms with van der Waals surface area (Å²) in [5.74, 6) is 0.499. The van der Waals surface area contributed by atoms with Gasteiger partial charge in [-0.2, -0.15) is 4.68 Å². The van der Waals surface area contributed by atoms with Gasteiger partial charge in [-0.15, -0.1) is 4.47 Å². The van der Waals surface area contributed by atoms with Gasteiger partial charge >= 0.3 is 0 Å². The number of nitrogens with zero attached hydrogens (tertiary/aromatic N) is 3. The third-order valence-electron chi connectivity index (χ3n) is 3.56. The van der Waals surface area contributed by atoms with E-state index < -0.39 is 9.73 Å². The maximum absolute atomic E-state index is 13.0. The average molecular weight is 327 g/mol. The lowest BCUT2D eigenvalue weighted by atomic mass is 10.2. The number of aryl methyl sites for hydroxylation is 1. The molecule has 1 atom stereocenters. The molecule has 1 aromatic heterocycles. The first-order valence-electron chi connectivity index (χ1n) is 7.31. The first-order valence-corrected chi connectivity index (χ1v) is 9.23. The smallest absolute Gasteiger partial charge is 0.267 e. The fourth-order valence-corrected chi connectivity index (χ4v) is 3.60. The zero-order valence-corrected chi connectivity index (χ0v) is 13.8. The summed E-state index contributed by atoms with van der Waals surface area (Å²) in [4.78, 5) is 17.8. The summed E-state index contributed by atoms with van der Waals surface area (Å²) in [7, 11) is -2.74. The van der Waals surface area contributed by atoms with Gasteiger partial charge in [-0.3, -0.25) is 4.79 Å². The summed E-state index contributed by atoms with van der Waals surface area (Å²) < 4.78 is 18.4. The normalized spacial score (nSPS) is 13.7. The van der Waals surface area contributed by atoms with Crippen molar-refractivity contribution < 1.29 is 4.21 Å². The van der Waals surface area contributed by atoms with Gasteiger partial charge in [0.25, 0.3) is 5.56 Å². The molecule has 0 fully saturated rings. The van der Waals surface area contributed by atoms with Crippen LogP contribution in [0.5, 0.6) is 0 Å². The number of fused-ring (bicyclic) bond motifs is 1. The lowest BCUT2D eigenvalue weighted by Crippen LogP contribution is -2.23. The van der Waals surface area contributed by atoms with Crippen LogP contribution in [-0.2, 0) is 16.1 Å². The highest BCUT2D eigenvalue weighted by atomic mass is 32.2. The molecule has 0 aliphatic carbocycles. The first-order chi connectivity index (χ1) is 11.0. The van der Waals surface area contributed by atoms with Crippen molar-refractivity contribution in [1.82, 2.24) is 9.66 Å². The van der Waals surface area contributed by atoms with Gasteiger partial charge in [-0.1, -0.05) is 37.3 Å². The van der Waals surface area contributed by atoms with Crippen molar-refractivity contribution in [2.45, 2.75) is 18.2 Å². The number of para-hydroxylation sites is 1. The number of aromatic nitrogens is 2. The Balaban J connectivity index is 2.32. The molecule has 2 aromatic carbocycles. The standard InChI is InChI=1S/C17H17N3O2S/c1-3-16-18-15-12-8-7-11-14(15)17(21)20(16)19-23(2,22)13-9-5-4-6-10-13/h4-12H,3H2,1-2H3. The molecule has 0 aliphatic heterocycles. The third-order valence-corrected chi connectivity index (χ3v) is 5.18. The van der Waals surface area contributed by atoms with Crippen LogP contribution < -0.4 is 5.56 Å². The Bertz CT molecular complexity index is 1030. The zero-order valence-electron chi connectivity index (χ0n) is 13.0. The molecule has 0 amide bonds. The molecule has 1 heterocycles. The molecule has 5 nitrogen and oxygen atoms in total. The van der Waals surface area contributed by atoms with Gasteiger partial charge in [0.15, 0.2) is 0 Å². The van der Waals surface area contributed by atoms with Gasteiger partial charge in [-0.25, -0.2) is 9.19 Å². The number of benzene rings is 2. The molecule has 23 heavy (non-hydrogen) atoms. The van der Waals surface area contributed by atoms with Crippen LogP contribution in [0.3, 0.4) is 0 Å². The Hall–Kier alpha value is -2.47. The van der Waals surface area contributed by atoms with E-state index in [9.17, 15) is 9.00 Å². The zero-order chi connectivity index (χ0) is 16.4. The van der Waals surface area contributed by atoms with Gasteiger partial charge < -0.3 is 0 Å². The van der Waals surface area contributed by atoms with Crippen LogP contribution in [0.1, 0.15) is 12.7 Å². The largest absolute Gasteiger partial charge is 0.282 e. The van der Waals surface area contributed by atoms with E-state index in [4.69, 9.17) is 0 Å². The molecule has 118 valence electrons. The summed E-state index contributed by atoms with van der Waals surface area (Å²) in [6.07, 6.45) is 2.05. The molecular weight excluding hydrogens is 310 g/mol. The van der Waals surface area contributed by atoms with Gasteiger partial charge in [0.2, 0.25) is 0 Å². The van der Waals surface area contributed by atoms with E-state index in [2.05, 4.69) is 9.46 Å². The van der Waals surface area contributed by atoms with Crippen LogP contribution in [0.15, 0.2) is 68.8 Å². The monoisotopic (exact) mass is 327 g/mol. The molecule has 0 aliphatic rings. The summed E-state index contributed by atoms with van der Waals surface area (Å²) in [5, 5.41) is 0.469. The van der Waals surface area contributed by atoms with E-state index in [1.807, 2.05) is 19.1 Å². The highest BCUT2D eigenvalue weighted by Gasteiger charge is 2.12. The maximum atomic E-state index is 13.0. The van der Waals surface area contributed by atoms with Crippen LogP contribution in [-0.4, -0.2) is 20.1 Å². The van der Waals surface area contributed by atoms with E-state index in [-0.39, 0.29) is 5.56 Å². The van der Waals surface area contributed by atoms with E-state index >= 15 is 0 Å². The molecule has 0 N–H and O–H groups in total. The predicted octanol–water partition coefficient (Wildman–Crippen LogP) is 2.88. The number of rotatable bonds is 3. The van der Waals surface area contributed by atoms with Crippen LogP contribution >= 0.6 is 0 Å².